The van der Waals surface area contributed by atoms with Crippen LogP contribution in [-0.4, -0.2) is 69.7 Å². The van der Waals surface area contributed by atoms with Crippen molar-refractivity contribution in [1.29, 1.82) is 0 Å². The number of hydrogen-bond donors (Lipinski definition) is 2. The van der Waals surface area contributed by atoms with Crippen molar-refractivity contribution in [1.82, 2.24) is 25.2 Å². The molecule has 0 spiro atoms. The molecule has 0 aliphatic heterocycles. The van der Waals surface area contributed by atoms with Crippen molar-refractivity contribution in [2.45, 2.75) is 77.5 Å². The fourth-order valence-corrected chi connectivity index (χ4v) is 3.98. The molecule has 1 atom stereocenters. The van der Waals surface area contributed by atoms with Gasteiger partial charge in [0, 0.05) is 50.6 Å². The summed E-state index contributed by atoms with van der Waals surface area (Å²) in [6.45, 7) is 12.3. The largest absolute Gasteiger partial charge is 0.444 e. The molecule has 0 unspecified atom stereocenters. The molecule has 41 heavy (non-hydrogen) atoms. The summed E-state index contributed by atoms with van der Waals surface area (Å²) in [6.07, 6.45) is 8.19. The van der Waals surface area contributed by atoms with Gasteiger partial charge in [0.25, 0.3) is 0 Å². The Balaban J connectivity index is 1.62. The first-order valence-electron chi connectivity index (χ1n) is 13.9. The molecular formula is C30H40FN7O3. The second kappa shape index (κ2) is 14.4. The predicted molar refractivity (Wildman–Crippen MR) is 157 cm³/mol. The molecule has 1 aliphatic rings. The van der Waals surface area contributed by atoms with Gasteiger partial charge in [-0.3, -0.25) is 9.69 Å². The molecule has 1 saturated carbocycles. The van der Waals surface area contributed by atoms with E-state index in [9.17, 15) is 14.0 Å². The molecule has 10 nitrogen and oxygen atoms in total. The molecule has 3 rings (SSSR count). The molecule has 11 heteroatoms. The summed E-state index contributed by atoms with van der Waals surface area (Å²) in [5, 5.41) is 5.88. The van der Waals surface area contributed by atoms with Crippen LogP contribution in [0.25, 0.3) is 0 Å². The Bertz CT molecular complexity index is 1280. The van der Waals surface area contributed by atoms with Gasteiger partial charge in [-0.05, 0) is 52.5 Å². The van der Waals surface area contributed by atoms with E-state index < -0.39 is 23.7 Å². The number of halogens is 1. The van der Waals surface area contributed by atoms with Crippen LogP contribution in [0.5, 0.6) is 0 Å². The minimum Gasteiger partial charge on any atom is -0.444 e. The second-order valence-electron chi connectivity index (χ2n) is 10.8. The van der Waals surface area contributed by atoms with Crippen LogP contribution in [0.1, 0.15) is 65.4 Å². The van der Waals surface area contributed by atoms with Crippen molar-refractivity contribution >= 4 is 29.5 Å². The summed E-state index contributed by atoms with van der Waals surface area (Å²) in [4.78, 5) is 41.2. The van der Waals surface area contributed by atoms with Gasteiger partial charge in [0.2, 0.25) is 17.8 Å². The van der Waals surface area contributed by atoms with Crippen LogP contribution in [0.15, 0.2) is 37.2 Å². The number of ether oxygens (including phenoxy) is 1. The number of pyridine rings is 1. The summed E-state index contributed by atoms with van der Waals surface area (Å²) in [5.41, 5.74) is 0.555. The number of hydrogen-bond acceptors (Lipinski definition) is 8. The molecule has 0 bridgehead atoms. The second-order valence-corrected chi connectivity index (χ2v) is 10.8. The van der Waals surface area contributed by atoms with Gasteiger partial charge < -0.3 is 20.3 Å². The van der Waals surface area contributed by atoms with Crippen LogP contribution < -0.4 is 15.5 Å². The van der Waals surface area contributed by atoms with Crippen LogP contribution >= 0.6 is 0 Å². The van der Waals surface area contributed by atoms with Gasteiger partial charge in [0.15, 0.2) is 0 Å². The number of amides is 2. The van der Waals surface area contributed by atoms with E-state index >= 15 is 0 Å². The minimum absolute atomic E-state index is 0.339. The Morgan fingerprint density at radius 2 is 2.07 bits per heavy atom. The molecular weight excluding hydrogens is 525 g/mol. The summed E-state index contributed by atoms with van der Waals surface area (Å²) in [5.74, 6) is 6.55. The van der Waals surface area contributed by atoms with Crippen molar-refractivity contribution in [3.63, 3.8) is 0 Å². The van der Waals surface area contributed by atoms with Crippen molar-refractivity contribution in [3.8, 4) is 11.8 Å². The van der Waals surface area contributed by atoms with Gasteiger partial charge in [0.1, 0.15) is 17.5 Å². The topological polar surface area (TPSA) is 113 Å². The zero-order chi connectivity index (χ0) is 30.0. The van der Waals surface area contributed by atoms with Crippen LogP contribution in [-0.2, 0) is 9.53 Å². The number of carbonyl (C=O) groups excluding carboxylic acids is 2. The van der Waals surface area contributed by atoms with Crippen molar-refractivity contribution in [2.75, 3.05) is 30.4 Å². The lowest BCUT2D eigenvalue weighted by atomic mass is 10.2. The van der Waals surface area contributed by atoms with Crippen molar-refractivity contribution in [3.05, 3.63) is 48.7 Å². The molecule has 2 N–H and O–H groups in total. The van der Waals surface area contributed by atoms with Crippen LogP contribution in [0, 0.1) is 17.8 Å². The van der Waals surface area contributed by atoms with E-state index in [2.05, 4.69) is 50.8 Å². The van der Waals surface area contributed by atoms with E-state index in [0.29, 0.717) is 42.6 Å². The van der Waals surface area contributed by atoms with Gasteiger partial charge in [0.05, 0.1) is 11.8 Å². The summed E-state index contributed by atoms with van der Waals surface area (Å²) in [7, 11) is 1.50. The number of unbranched alkanes of at least 4 members (excludes halogenated alkanes) is 1. The van der Waals surface area contributed by atoms with Crippen LogP contribution in [0.2, 0.25) is 0 Å². The fraction of sp³-hybridized carbons (Fsp3) is 0.500. The average molecular weight is 566 g/mol. The Morgan fingerprint density at radius 3 is 2.71 bits per heavy atom. The van der Waals surface area contributed by atoms with E-state index in [4.69, 9.17) is 9.72 Å². The van der Waals surface area contributed by atoms with E-state index in [1.54, 1.807) is 33.0 Å². The predicted octanol–water partition coefficient (Wildman–Crippen LogP) is 4.80. The van der Waals surface area contributed by atoms with E-state index in [1.165, 1.54) is 30.3 Å². The normalized spacial score (nSPS) is 13.3. The molecule has 1 aliphatic carbocycles. The SMILES string of the molecule is C=C[C@@H](C(=O)NCCCC#Cc1cnc(Nc2ccnc(F)c2)nc1N(CCC)C1CC1)N(C)C(=O)OC(C)(C)C. The Hall–Kier alpha value is -4.20. The van der Waals surface area contributed by atoms with Crippen LogP contribution in [0.4, 0.5) is 26.6 Å². The molecule has 2 amide bonds. The van der Waals surface area contributed by atoms with Gasteiger partial charge in [-0.1, -0.05) is 24.8 Å². The van der Waals surface area contributed by atoms with E-state index in [-0.39, 0.29) is 5.91 Å². The molecule has 0 saturated heterocycles. The fourth-order valence-electron chi connectivity index (χ4n) is 3.98. The first-order chi connectivity index (χ1) is 19.5. The maximum Gasteiger partial charge on any atom is 0.410 e. The number of aromatic nitrogens is 3. The molecule has 0 aromatic carbocycles. The third kappa shape index (κ3) is 9.74. The highest BCUT2D eigenvalue weighted by Crippen LogP contribution is 2.33. The minimum atomic E-state index is -0.849. The number of nitrogens with zero attached hydrogens (tertiary/aromatic N) is 5. The third-order valence-electron chi connectivity index (χ3n) is 6.07. The summed E-state index contributed by atoms with van der Waals surface area (Å²) < 4.78 is 18.9. The lowest BCUT2D eigenvalue weighted by Crippen LogP contribution is -2.48. The Labute approximate surface area is 241 Å². The number of rotatable bonds is 12. The highest BCUT2D eigenvalue weighted by Gasteiger charge is 2.31. The average Bonchev–Trinajstić information content (AvgIpc) is 3.75. The molecule has 1 fully saturated rings. The Morgan fingerprint density at radius 1 is 1.32 bits per heavy atom. The summed E-state index contributed by atoms with van der Waals surface area (Å²) >= 11 is 0. The quantitative estimate of drug-likeness (QED) is 0.163. The zero-order valence-electron chi connectivity index (χ0n) is 24.5. The number of anilines is 3. The molecule has 2 aromatic heterocycles. The lowest BCUT2D eigenvalue weighted by molar-refractivity contribution is -0.124. The van der Waals surface area contributed by atoms with Crippen molar-refractivity contribution < 1.29 is 18.7 Å². The Kier molecular flexibility index (Phi) is 11.0. The first kappa shape index (κ1) is 31.3. The maximum atomic E-state index is 13.5. The molecule has 2 heterocycles. The van der Waals surface area contributed by atoms with Gasteiger partial charge >= 0.3 is 6.09 Å². The molecule has 2 aromatic rings. The number of likely N-dealkylation sites (N-methyl/N-ethyl adjacent to an activating group) is 1. The van der Waals surface area contributed by atoms with Crippen LogP contribution in [0.3, 0.4) is 0 Å². The summed E-state index contributed by atoms with van der Waals surface area (Å²) in [6, 6.07) is 2.50. The van der Waals surface area contributed by atoms with Gasteiger partial charge in [-0.2, -0.15) is 9.37 Å². The van der Waals surface area contributed by atoms with E-state index in [0.717, 1.165) is 31.6 Å². The third-order valence-corrected chi connectivity index (χ3v) is 6.07. The van der Waals surface area contributed by atoms with E-state index in [1.807, 2.05) is 0 Å². The smallest absolute Gasteiger partial charge is 0.410 e. The standard InChI is InChI=1S/C30H40FN7O3/c1-7-18-38(23-13-14-23)26-21(20-34-28(36-26)35-22-15-17-32-25(31)19-22)12-10-9-11-16-33-27(39)24(8-2)37(6)29(40)41-30(3,4)5/h8,15,17,19-20,23-24H,2,7,9,11,13-14,16,18H2,1,3-6H3,(H,33,39)(H,32,34,35,36)/t24-/m0/s1. The first-order valence-corrected chi connectivity index (χ1v) is 13.9. The lowest BCUT2D eigenvalue weighted by Gasteiger charge is -2.28. The highest BCUT2D eigenvalue weighted by atomic mass is 19.1. The maximum absolute atomic E-state index is 13.5. The molecule has 220 valence electrons. The number of carbonyl (C=O) groups is 2. The highest BCUT2D eigenvalue weighted by molar-refractivity contribution is 5.87. The van der Waals surface area contributed by atoms with Crippen molar-refractivity contribution in [2.24, 2.45) is 0 Å². The zero-order valence-corrected chi connectivity index (χ0v) is 24.5. The van der Waals surface area contributed by atoms with Gasteiger partial charge in [-0.25, -0.2) is 14.8 Å². The molecule has 0 radical (unpaired) electrons. The number of nitrogens with one attached hydrogen (secondary N) is 2. The monoisotopic (exact) mass is 565 g/mol. The van der Waals surface area contributed by atoms with Gasteiger partial charge in [-0.15, -0.1) is 6.58 Å².